The van der Waals surface area contributed by atoms with Crippen molar-refractivity contribution in [3.8, 4) is 0 Å². The maximum Gasteiger partial charge on any atom is 0.275 e. The lowest BCUT2D eigenvalue weighted by atomic mass is 10.00. The second-order valence-corrected chi connectivity index (χ2v) is 8.37. The summed E-state index contributed by atoms with van der Waals surface area (Å²) in [4.78, 5) is 27.7. The Morgan fingerprint density at radius 2 is 1.90 bits per heavy atom. The molecule has 0 bridgehead atoms. The minimum atomic E-state index is -0.257. The van der Waals surface area contributed by atoms with E-state index in [-0.39, 0.29) is 18.0 Å². The number of fused-ring (bicyclic) bond motifs is 1. The highest BCUT2D eigenvalue weighted by Crippen LogP contribution is 2.26. The molecule has 1 aliphatic rings. The van der Waals surface area contributed by atoms with E-state index in [1.165, 1.54) is 11.1 Å². The molecule has 2 heterocycles. The first-order valence-electron chi connectivity index (χ1n) is 10.3. The molecule has 1 amide bonds. The number of benzene rings is 2. The van der Waals surface area contributed by atoms with E-state index in [0.717, 1.165) is 36.3 Å². The predicted octanol–water partition coefficient (Wildman–Crippen LogP) is 3.60. The average Bonchev–Trinajstić information content (AvgIpc) is 2.75. The Hall–Kier alpha value is -2.86. The largest absolute Gasteiger partial charge is 0.354 e. The Kier molecular flexibility index (Phi) is 6.04. The van der Waals surface area contributed by atoms with Gasteiger partial charge in [-0.05, 0) is 42.5 Å². The minimum Gasteiger partial charge on any atom is -0.354 e. The summed E-state index contributed by atoms with van der Waals surface area (Å²) in [6, 6.07) is 14.8. The second-order valence-electron chi connectivity index (χ2n) is 7.93. The number of rotatable bonds is 5. The monoisotopic (exact) mass is 424 g/mol. The molecular weight excluding hydrogens is 400 g/mol. The summed E-state index contributed by atoms with van der Waals surface area (Å²) in [7, 11) is 0. The molecular formula is C23H25ClN4O2. The van der Waals surface area contributed by atoms with Gasteiger partial charge in [0.25, 0.3) is 5.56 Å². The van der Waals surface area contributed by atoms with E-state index >= 15 is 0 Å². The van der Waals surface area contributed by atoms with E-state index < -0.39 is 0 Å². The van der Waals surface area contributed by atoms with E-state index in [9.17, 15) is 9.59 Å². The molecule has 0 radical (unpaired) electrons. The van der Waals surface area contributed by atoms with Gasteiger partial charge in [-0.25, -0.2) is 4.68 Å². The Bertz CT molecular complexity index is 1110. The molecule has 2 aromatic carbocycles. The van der Waals surface area contributed by atoms with Gasteiger partial charge in [-0.2, -0.15) is 5.10 Å². The quantitative estimate of drug-likeness (QED) is 0.679. The van der Waals surface area contributed by atoms with Crippen molar-refractivity contribution in [3.63, 3.8) is 0 Å². The number of piperidine rings is 1. The topological polar surface area (TPSA) is 67.2 Å². The van der Waals surface area contributed by atoms with Crippen molar-refractivity contribution >= 4 is 34.1 Å². The molecule has 7 heteroatoms. The van der Waals surface area contributed by atoms with E-state index in [0.29, 0.717) is 22.9 Å². The van der Waals surface area contributed by atoms with Crippen LogP contribution in [0.2, 0.25) is 5.02 Å². The van der Waals surface area contributed by atoms with Crippen molar-refractivity contribution in [2.24, 2.45) is 5.92 Å². The smallest absolute Gasteiger partial charge is 0.275 e. The summed E-state index contributed by atoms with van der Waals surface area (Å²) in [6.07, 6.45) is 2.29. The highest BCUT2D eigenvalue weighted by Gasteiger charge is 2.22. The van der Waals surface area contributed by atoms with Gasteiger partial charge in [-0.3, -0.25) is 9.59 Å². The fraction of sp³-hybridized carbons (Fsp3) is 0.348. The van der Waals surface area contributed by atoms with Crippen molar-refractivity contribution in [2.45, 2.75) is 32.9 Å². The predicted molar refractivity (Wildman–Crippen MR) is 120 cm³/mol. The number of amides is 1. The molecule has 1 fully saturated rings. The van der Waals surface area contributed by atoms with Crippen LogP contribution in [0.15, 0.2) is 53.3 Å². The summed E-state index contributed by atoms with van der Waals surface area (Å²) < 4.78 is 1.29. The van der Waals surface area contributed by atoms with Gasteiger partial charge in [0.1, 0.15) is 6.54 Å². The van der Waals surface area contributed by atoms with Crippen LogP contribution in [0.5, 0.6) is 0 Å². The first kappa shape index (κ1) is 20.4. The number of hydrogen-bond acceptors (Lipinski definition) is 4. The summed E-state index contributed by atoms with van der Waals surface area (Å²) in [5, 5.41) is 9.55. The van der Waals surface area contributed by atoms with Crippen molar-refractivity contribution in [3.05, 3.63) is 69.5 Å². The SMILES string of the molecule is C[C@@H]1CCCN(c2nn(CC(=O)NCc3ccc(Cl)cc3)c(=O)c3ccccc23)C1. The average molecular weight is 425 g/mol. The molecule has 1 atom stereocenters. The Labute approximate surface area is 180 Å². The molecule has 3 aromatic rings. The minimum absolute atomic E-state index is 0.117. The summed E-state index contributed by atoms with van der Waals surface area (Å²) in [6.45, 7) is 4.29. The van der Waals surface area contributed by atoms with Crippen LogP contribution in [0.25, 0.3) is 10.8 Å². The highest BCUT2D eigenvalue weighted by atomic mass is 35.5. The fourth-order valence-electron chi connectivity index (χ4n) is 3.93. The Balaban J connectivity index is 1.58. The highest BCUT2D eigenvalue weighted by molar-refractivity contribution is 6.30. The summed E-state index contributed by atoms with van der Waals surface area (Å²) in [5.41, 5.74) is 0.690. The van der Waals surface area contributed by atoms with E-state index in [1.807, 2.05) is 30.3 Å². The van der Waals surface area contributed by atoms with Gasteiger partial charge in [0.15, 0.2) is 5.82 Å². The number of nitrogens with zero attached hydrogens (tertiary/aromatic N) is 3. The maximum atomic E-state index is 13.0. The lowest BCUT2D eigenvalue weighted by Gasteiger charge is -2.32. The Morgan fingerprint density at radius 1 is 1.17 bits per heavy atom. The van der Waals surface area contributed by atoms with E-state index in [1.54, 1.807) is 18.2 Å². The number of nitrogens with one attached hydrogen (secondary N) is 1. The van der Waals surface area contributed by atoms with Crippen LogP contribution in [0.4, 0.5) is 5.82 Å². The zero-order chi connectivity index (χ0) is 21.1. The normalized spacial score (nSPS) is 16.6. The number of aromatic nitrogens is 2. The number of anilines is 1. The molecule has 1 saturated heterocycles. The summed E-state index contributed by atoms with van der Waals surface area (Å²) >= 11 is 5.90. The van der Waals surface area contributed by atoms with Crippen molar-refractivity contribution in [1.29, 1.82) is 0 Å². The number of hydrogen-bond donors (Lipinski definition) is 1. The van der Waals surface area contributed by atoms with Crippen LogP contribution in [-0.4, -0.2) is 28.8 Å². The molecule has 0 spiro atoms. The summed E-state index contributed by atoms with van der Waals surface area (Å²) in [5.74, 6) is 1.09. The molecule has 0 saturated carbocycles. The lowest BCUT2D eigenvalue weighted by molar-refractivity contribution is -0.122. The van der Waals surface area contributed by atoms with Gasteiger partial charge in [0.2, 0.25) is 5.91 Å². The van der Waals surface area contributed by atoms with Crippen LogP contribution in [0.1, 0.15) is 25.3 Å². The molecule has 6 nitrogen and oxygen atoms in total. The number of carbonyl (C=O) groups excluding carboxylic acids is 1. The van der Waals surface area contributed by atoms with Crippen molar-refractivity contribution in [1.82, 2.24) is 15.1 Å². The first-order chi connectivity index (χ1) is 14.5. The molecule has 4 rings (SSSR count). The molecule has 0 unspecified atom stereocenters. The first-order valence-corrected chi connectivity index (χ1v) is 10.6. The maximum absolute atomic E-state index is 13.0. The van der Waals surface area contributed by atoms with E-state index in [2.05, 4.69) is 22.2 Å². The van der Waals surface area contributed by atoms with Crippen LogP contribution in [0, 0.1) is 5.92 Å². The van der Waals surface area contributed by atoms with Crippen LogP contribution in [0.3, 0.4) is 0 Å². The van der Waals surface area contributed by atoms with Crippen molar-refractivity contribution < 1.29 is 4.79 Å². The fourth-order valence-corrected chi connectivity index (χ4v) is 4.06. The third-order valence-electron chi connectivity index (χ3n) is 5.50. The van der Waals surface area contributed by atoms with Crippen LogP contribution < -0.4 is 15.8 Å². The Morgan fingerprint density at radius 3 is 2.63 bits per heavy atom. The molecule has 30 heavy (non-hydrogen) atoms. The molecule has 1 aliphatic heterocycles. The van der Waals surface area contributed by atoms with Crippen LogP contribution in [-0.2, 0) is 17.9 Å². The molecule has 156 valence electrons. The molecule has 1 N–H and O–H groups in total. The standard InChI is InChI=1S/C23H25ClN4O2/c1-16-5-4-12-27(14-16)22-19-6-2-3-7-20(19)23(30)28(26-22)15-21(29)25-13-17-8-10-18(24)11-9-17/h2-3,6-11,16H,4-5,12-15H2,1H3,(H,25,29)/t16-/m1/s1. The van der Waals surface area contributed by atoms with E-state index in [4.69, 9.17) is 11.6 Å². The number of halogens is 1. The third kappa shape index (κ3) is 4.49. The second kappa shape index (κ2) is 8.88. The van der Waals surface area contributed by atoms with Gasteiger partial charge in [-0.15, -0.1) is 0 Å². The van der Waals surface area contributed by atoms with Gasteiger partial charge in [-0.1, -0.05) is 48.9 Å². The van der Waals surface area contributed by atoms with Gasteiger partial charge in [0.05, 0.1) is 5.39 Å². The lowest BCUT2D eigenvalue weighted by Crippen LogP contribution is -2.38. The van der Waals surface area contributed by atoms with Gasteiger partial charge in [0, 0.05) is 30.0 Å². The van der Waals surface area contributed by atoms with Crippen LogP contribution >= 0.6 is 11.6 Å². The van der Waals surface area contributed by atoms with Crippen molar-refractivity contribution in [2.75, 3.05) is 18.0 Å². The number of carbonyl (C=O) groups is 1. The zero-order valence-corrected chi connectivity index (χ0v) is 17.7. The van der Waals surface area contributed by atoms with Gasteiger partial charge >= 0.3 is 0 Å². The zero-order valence-electron chi connectivity index (χ0n) is 17.0. The molecule has 0 aliphatic carbocycles. The third-order valence-corrected chi connectivity index (χ3v) is 5.75. The molecule has 1 aromatic heterocycles. The van der Waals surface area contributed by atoms with Gasteiger partial charge < -0.3 is 10.2 Å².